The molecule has 0 aliphatic heterocycles. The Labute approximate surface area is 224 Å². The fraction of sp³-hybridized carbons (Fsp3) is 0.462. The molecule has 2 aromatic rings. The number of nitrogens with one attached hydrogen (secondary N) is 1. The van der Waals surface area contributed by atoms with E-state index in [2.05, 4.69) is 26.1 Å². The average Bonchev–Trinajstić information content (AvgIpc) is 2.79. The molecule has 7 nitrogen and oxygen atoms in total. The van der Waals surface area contributed by atoms with Crippen molar-refractivity contribution in [3.63, 3.8) is 0 Å². The van der Waals surface area contributed by atoms with Crippen molar-refractivity contribution in [2.75, 3.05) is 23.7 Å². The van der Waals surface area contributed by atoms with Crippen molar-refractivity contribution >= 4 is 50.7 Å². The highest BCUT2D eigenvalue weighted by Crippen LogP contribution is 2.28. The van der Waals surface area contributed by atoms with Crippen LogP contribution in [0.15, 0.2) is 42.5 Å². The van der Waals surface area contributed by atoms with Gasteiger partial charge in [-0.1, -0.05) is 69.1 Å². The van der Waals surface area contributed by atoms with Crippen LogP contribution in [0.3, 0.4) is 0 Å². The third-order valence-electron chi connectivity index (χ3n) is 5.81. The van der Waals surface area contributed by atoms with E-state index in [0.717, 1.165) is 22.5 Å². The van der Waals surface area contributed by atoms with Gasteiger partial charge in [0.05, 0.1) is 11.9 Å². The third-order valence-corrected chi connectivity index (χ3v) is 7.66. The predicted octanol–water partition coefficient (Wildman–Crippen LogP) is 5.00. The molecule has 0 aromatic heterocycles. The molecule has 0 saturated carbocycles. The number of amides is 2. The molecule has 0 spiro atoms. The number of benzene rings is 2. The van der Waals surface area contributed by atoms with Gasteiger partial charge >= 0.3 is 0 Å². The van der Waals surface area contributed by atoms with Gasteiger partial charge in [0.1, 0.15) is 12.6 Å². The molecular formula is C26H35Cl2N3O4S. The van der Waals surface area contributed by atoms with E-state index < -0.39 is 28.5 Å². The van der Waals surface area contributed by atoms with Crippen molar-refractivity contribution in [1.29, 1.82) is 0 Å². The summed E-state index contributed by atoms with van der Waals surface area (Å²) < 4.78 is 26.5. The van der Waals surface area contributed by atoms with Gasteiger partial charge in [-0.15, -0.1) is 0 Å². The zero-order valence-electron chi connectivity index (χ0n) is 21.6. The van der Waals surface area contributed by atoms with Gasteiger partial charge in [0.2, 0.25) is 21.8 Å². The summed E-state index contributed by atoms with van der Waals surface area (Å²) >= 11 is 12.7. The van der Waals surface area contributed by atoms with Crippen molar-refractivity contribution < 1.29 is 18.0 Å². The molecule has 0 fully saturated rings. The molecule has 2 aromatic carbocycles. The number of sulfonamides is 1. The van der Waals surface area contributed by atoms with Gasteiger partial charge < -0.3 is 10.2 Å². The third kappa shape index (κ3) is 7.85. The molecule has 198 valence electrons. The van der Waals surface area contributed by atoms with Crippen LogP contribution in [0, 0.1) is 0 Å². The quantitative estimate of drug-likeness (QED) is 0.446. The Morgan fingerprint density at radius 3 is 2.06 bits per heavy atom. The van der Waals surface area contributed by atoms with Crippen LogP contribution in [-0.2, 0) is 31.6 Å². The number of rotatable bonds is 10. The fourth-order valence-electron chi connectivity index (χ4n) is 3.57. The Morgan fingerprint density at radius 2 is 1.58 bits per heavy atom. The smallest absolute Gasteiger partial charge is 0.244 e. The minimum atomic E-state index is -3.81. The van der Waals surface area contributed by atoms with Gasteiger partial charge in [0.25, 0.3) is 0 Å². The summed E-state index contributed by atoms with van der Waals surface area (Å²) in [5.41, 5.74) is 1.75. The van der Waals surface area contributed by atoms with Crippen LogP contribution < -0.4 is 9.62 Å². The van der Waals surface area contributed by atoms with Gasteiger partial charge in [0.15, 0.2) is 0 Å². The molecule has 0 bridgehead atoms. The van der Waals surface area contributed by atoms with Gasteiger partial charge in [-0.3, -0.25) is 13.9 Å². The molecule has 0 saturated heterocycles. The maximum absolute atomic E-state index is 13.6. The van der Waals surface area contributed by atoms with Gasteiger partial charge in [-0.05, 0) is 48.6 Å². The van der Waals surface area contributed by atoms with Crippen molar-refractivity contribution in [2.45, 2.75) is 59.0 Å². The molecule has 0 heterocycles. The largest absolute Gasteiger partial charge is 0.354 e. The lowest BCUT2D eigenvalue weighted by molar-refractivity contribution is -0.139. The maximum Gasteiger partial charge on any atom is 0.244 e. The van der Waals surface area contributed by atoms with Crippen molar-refractivity contribution in [1.82, 2.24) is 10.2 Å². The Hall–Kier alpha value is -2.29. The molecule has 10 heteroatoms. The first-order chi connectivity index (χ1) is 16.7. The van der Waals surface area contributed by atoms with E-state index in [1.807, 2.05) is 19.1 Å². The van der Waals surface area contributed by atoms with Gasteiger partial charge in [0, 0.05) is 28.7 Å². The lowest BCUT2D eigenvalue weighted by Gasteiger charge is -2.32. The summed E-state index contributed by atoms with van der Waals surface area (Å²) in [5.74, 6) is -0.913. The number of carbonyl (C=O) groups excluding carboxylic acids is 2. The monoisotopic (exact) mass is 555 g/mol. The van der Waals surface area contributed by atoms with Crippen LogP contribution in [0.25, 0.3) is 0 Å². The number of hydrogen-bond acceptors (Lipinski definition) is 4. The van der Waals surface area contributed by atoms with Crippen LogP contribution >= 0.6 is 23.2 Å². The summed E-state index contributed by atoms with van der Waals surface area (Å²) in [5, 5.41) is 3.48. The average molecular weight is 557 g/mol. The minimum Gasteiger partial charge on any atom is -0.354 e. The van der Waals surface area contributed by atoms with Crippen molar-refractivity contribution in [3.05, 3.63) is 63.6 Å². The standard InChI is InChI=1S/C26H35Cl2N3O4S/c1-7-15-29-25(33)18(2)30(16-21-22(27)9-8-10-23(21)28)24(32)17-31(36(6,34)35)20-13-11-19(12-14-20)26(3,4)5/h8-14,18H,7,15-17H2,1-6H3,(H,29,33). The summed E-state index contributed by atoms with van der Waals surface area (Å²) in [6.07, 6.45) is 1.78. The van der Waals surface area contributed by atoms with Gasteiger partial charge in [-0.25, -0.2) is 8.42 Å². The molecule has 1 unspecified atom stereocenters. The minimum absolute atomic E-state index is 0.0569. The molecule has 2 rings (SSSR count). The van der Waals surface area contributed by atoms with Crippen LogP contribution in [0.4, 0.5) is 5.69 Å². The molecule has 0 radical (unpaired) electrons. The van der Waals surface area contributed by atoms with Gasteiger partial charge in [-0.2, -0.15) is 0 Å². The van der Waals surface area contributed by atoms with E-state index in [4.69, 9.17) is 23.2 Å². The summed E-state index contributed by atoms with van der Waals surface area (Å²) in [7, 11) is -3.81. The first-order valence-electron chi connectivity index (χ1n) is 11.7. The maximum atomic E-state index is 13.6. The summed E-state index contributed by atoms with van der Waals surface area (Å²) in [6.45, 7) is 9.60. The van der Waals surface area contributed by atoms with Crippen LogP contribution in [0.1, 0.15) is 52.2 Å². The highest BCUT2D eigenvalue weighted by Gasteiger charge is 2.31. The molecule has 1 atom stereocenters. The predicted molar refractivity (Wildman–Crippen MR) is 147 cm³/mol. The van der Waals surface area contributed by atoms with E-state index in [0.29, 0.717) is 27.8 Å². The highest BCUT2D eigenvalue weighted by molar-refractivity contribution is 7.92. The van der Waals surface area contributed by atoms with E-state index >= 15 is 0 Å². The summed E-state index contributed by atoms with van der Waals surface area (Å²) in [6, 6.07) is 11.1. The normalized spacial score (nSPS) is 12.7. The zero-order chi connectivity index (χ0) is 27.3. The van der Waals surface area contributed by atoms with Crippen molar-refractivity contribution in [2.24, 2.45) is 0 Å². The molecule has 0 aliphatic rings. The molecular weight excluding hydrogens is 521 g/mol. The SMILES string of the molecule is CCCNC(=O)C(C)N(Cc1c(Cl)cccc1Cl)C(=O)CN(c1ccc(C(C)(C)C)cc1)S(C)(=O)=O. The zero-order valence-corrected chi connectivity index (χ0v) is 24.0. The lowest BCUT2D eigenvalue weighted by atomic mass is 9.87. The molecule has 2 amide bonds. The molecule has 0 aliphatic carbocycles. The number of halogens is 2. The first-order valence-corrected chi connectivity index (χ1v) is 14.4. The number of anilines is 1. The Balaban J connectivity index is 2.44. The second-order valence-corrected chi connectivity index (χ2v) is 12.5. The topological polar surface area (TPSA) is 86.8 Å². The summed E-state index contributed by atoms with van der Waals surface area (Å²) in [4.78, 5) is 27.7. The Kier molecular flexibility index (Phi) is 10.2. The van der Waals surface area contributed by atoms with E-state index in [-0.39, 0.29) is 17.9 Å². The molecule has 1 N–H and O–H groups in total. The van der Waals surface area contributed by atoms with E-state index in [9.17, 15) is 18.0 Å². The number of carbonyl (C=O) groups is 2. The van der Waals surface area contributed by atoms with E-state index in [1.54, 1.807) is 37.3 Å². The fourth-order valence-corrected chi connectivity index (χ4v) is 4.94. The lowest BCUT2D eigenvalue weighted by Crippen LogP contribution is -2.51. The second kappa shape index (κ2) is 12.3. The van der Waals surface area contributed by atoms with Crippen LogP contribution in [-0.4, -0.2) is 50.5 Å². The van der Waals surface area contributed by atoms with Crippen molar-refractivity contribution in [3.8, 4) is 0 Å². The Bertz CT molecular complexity index is 1160. The second-order valence-electron chi connectivity index (χ2n) is 9.76. The van der Waals surface area contributed by atoms with Crippen LogP contribution in [0.5, 0.6) is 0 Å². The highest BCUT2D eigenvalue weighted by atomic mass is 35.5. The van der Waals surface area contributed by atoms with E-state index in [1.165, 1.54) is 4.90 Å². The number of nitrogens with zero attached hydrogens (tertiary/aromatic N) is 2. The Morgan fingerprint density at radius 1 is 1.03 bits per heavy atom. The molecule has 36 heavy (non-hydrogen) atoms. The first kappa shape index (κ1) is 29.9. The van der Waals surface area contributed by atoms with Crippen LogP contribution in [0.2, 0.25) is 10.0 Å². The number of hydrogen-bond donors (Lipinski definition) is 1.